The van der Waals surface area contributed by atoms with E-state index in [1.165, 1.54) is 0 Å². The summed E-state index contributed by atoms with van der Waals surface area (Å²) in [4.78, 5) is 12.2. The molecule has 0 saturated carbocycles. The molecule has 3 rings (SSSR count). The molecular formula is C22H18N2O3. The average molecular weight is 358 g/mol. The molecule has 0 radical (unpaired) electrons. The Balaban J connectivity index is 1.62. The number of benzene rings is 3. The fourth-order valence-corrected chi connectivity index (χ4v) is 2.46. The molecule has 0 unspecified atom stereocenters. The molecule has 3 aromatic carbocycles. The van der Waals surface area contributed by atoms with Crippen LogP contribution in [0.2, 0.25) is 0 Å². The predicted octanol–water partition coefficient (Wildman–Crippen LogP) is 4.15. The molecule has 27 heavy (non-hydrogen) atoms. The van der Waals surface area contributed by atoms with Crippen molar-refractivity contribution in [2.24, 2.45) is 0 Å². The third kappa shape index (κ3) is 5.10. The molecule has 0 bridgehead atoms. The van der Waals surface area contributed by atoms with E-state index in [2.05, 4.69) is 11.4 Å². The van der Waals surface area contributed by atoms with E-state index < -0.39 is 0 Å². The van der Waals surface area contributed by atoms with Gasteiger partial charge in [0.1, 0.15) is 18.1 Å². The molecule has 0 aliphatic carbocycles. The molecule has 0 aromatic heterocycles. The van der Waals surface area contributed by atoms with Crippen molar-refractivity contribution in [2.75, 3.05) is 11.9 Å². The molecule has 1 amide bonds. The molecule has 5 nitrogen and oxygen atoms in total. The Kier molecular flexibility index (Phi) is 6.05. The Morgan fingerprint density at radius 1 is 0.889 bits per heavy atom. The molecule has 0 saturated heterocycles. The van der Waals surface area contributed by atoms with Crippen LogP contribution in [-0.2, 0) is 11.4 Å². The summed E-state index contributed by atoms with van der Waals surface area (Å²) in [5.41, 5.74) is 1.90. The number of nitrogens with zero attached hydrogens (tertiary/aromatic N) is 1. The summed E-state index contributed by atoms with van der Waals surface area (Å²) in [5.74, 6) is 0.871. The molecule has 0 atom stereocenters. The Morgan fingerprint density at radius 2 is 1.59 bits per heavy atom. The van der Waals surface area contributed by atoms with Gasteiger partial charge in [0, 0.05) is 5.56 Å². The summed E-state index contributed by atoms with van der Waals surface area (Å²) in [6.07, 6.45) is 0. The summed E-state index contributed by atoms with van der Waals surface area (Å²) in [6, 6.07) is 25.7. The molecule has 0 aliphatic rings. The summed E-state index contributed by atoms with van der Waals surface area (Å²) in [7, 11) is 0. The lowest BCUT2D eigenvalue weighted by molar-refractivity contribution is -0.118. The van der Waals surface area contributed by atoms with E-state index >= 15 is 0 Å². The molecule has 0 spiro atoms. The first-order valence-electron chi connectivity index (χ1n) is 8.44. The van der Waals surface area contributed by atoms with Crippen molar-refractivity contribution in [1.29, 1.82) is 5.26 Å². The number of nitrogens with one attached hydrogen (secondary N) is 1. The van der Waals surface area contributed by atoms with E-state index in [-0.39, 0.29) is 19.1 Å². The SMILES string of the molecule is N#Cc1ccccc1COc1ccccc1NC(=O)COc1ccccc1. The number of carbonyl (C=O) groups is 1. The number of rotatable bonds is 7. The van der Waals surface area contributed by atoms with Crippen molar-refractivity contribution >= 4 is 11.6 Å². The number of amides is 1. The van der Waals surface area contributed by atoms with Gasteiger partial charge in [-0.25, -0.2) is 0 Å². The molecule has 1 N–H and O–H groups in total. The minimum atomic E-state index is -0.285. The minimum Gasteiger partial charge on any atom is -0.487 e. The second kappa shape index (κ2) is 9.07. The molecule has 5 heteroatoms. The van der Waals surface area contributed by atoms with Crippen LogP contribution >= 0.6 is 0 Å². The van der Waals surface area contributed by atoms with Crippen molar-refractivity contribution in [3.05, 3.63) is 90.0 Å². The number of hydrogen-bond donors (Lipinski definition) is 1. The van der Waals surface area contributed by atoms with Crippen LogP contribution in [0.15, 0.2) is 78.9 Å². The van der Waals surface area contributed by atoms with Crippen molar-refractivity contribution in [2.45, 2.75) is 6.61 Å². The van der Waals surface area contributed by atoms with Crippen molar-refractivity contribution in [1.82, 2.24) is 0 Å². The third-order valence-electron chi connectivity index (χ3n) is 3.80. The van der Waals surface area contributed by atoms with Gasteiger partial charge in [0.05, 0.1) is 17.3 Å². The maximum absolute atomic E-state index is 12.2. The maximum Gasteiger partial charge on any atom is 0.262 e. The lowest BCUT2D eigenvalue weighted by atomic mass is 10.1. The van der Waals surface area contributed by atoms with Gasteiger partial charge >= 0.3 is 0 Å². The van der Waals surface area contributed by atoms with Gasteiger partial charge < -0.3 is 14.8 Å². The second-order valence-corrected chi connectivity index (χ2v) is 5.70. The first-order chi connectivity index (χ1) is 13.3. The molecule has 134 valence electrons. The van der Waals surface area contributed by atoms with Crippen LogP contribution in [-0.4, -0.2) is 12.5 Å². The van der Waals surface area contributed by atoms with Gasteiger partial charge in [-0.2, -0.15) is 5.26 Å². The number of hydrogen-bond acceptors (Lipinski definition) is 4. The van der Waals surface area contributed by atoms with Gasteiger partial charge in [0.2, 0.25) is 0 Å². The van der Waals surface area contributed by atoms with E-state index in [0.29, 0.717) is 22.7 Å². The Hall–Kier alpha value is -3.78. The Morgan fingerprint density at radius 3 is 2.41 bits per heavy atom. The highest BCUT2D eigenvalue weighted by molar-refractivity contribution is 5.93. The smallest absolute Gasteiger partial charge is 0.262 e. The van der Waals surface area contributed by atoms with Crippen LogP contribution in [0.5, 0.6) is 11.5 Å². The number of ether oxygens (including phenoxy) is 2. The summed E-state index contributed by atoms with van der Waals surface area (Å²) < 4.78 is 11.3. The largest absolute Gasteiger partial charge is 0.487 e. The van der Waals surface area contributed by atoms with Gasteiger partial charge in [-0.3, -0.25) is 4.79 Å². The minimum absolute atomic E-state index is 0.102. The highest BCUT2D eigenvalue weighted by atomic mass is 16.5. The van der Waals surface area contributed by atoms with E-state index in [1.807, 2.05) is 48.5 Å². The van der Waals surface area contributed by atoms with E-state index in [9.17, 15) is 4.79 Å². The van der Waals surface area contributed by atoms with E-state index in [0.717, 1.165) is 5.56 Å². The van der Waals surface area contributed by atoms with Crippen LogP contribution in [0, 0.1) is 11.3 Å². The third-order valence-corrected chi connectivity index (χ3v) is 3.80. The predicted molar refractivity (Wildman–Crippen MR) is 102 cm³/mol. The first kappa shape index (κ1) is 18.0. The fraction of sp³-hybridized carbons (Fsp3) is 0.0909. The van der Waals surface area contributed by atoms with Crippen molar-refractivity contribution in [3.8, 4) is 17.6 Å². The van der Waals surface area contributed by atoms with Gasteiger partial charge in [-0.1, -0.05) is 48.5 Å². The number of para-hydroxylation sites is 3. The van der Waals surface area contributed by atoms with Gasteiger partial charge in [0.25, 0.3) is 5.91 Å². The van der Waals surface area contributed by atoms with E-state index in [1.54, 1.807) is 30.3 Å². The van der Waals surface area contributed by atoms with Gasteiger partial charge in [-0.15, -0.1) is 0 Å². The molecule has 0 heterocycles. The highest BCUT2D eigenvalue weighted by Crippen LogP contribution is 2.25. The van der Waals surface area contributed by atoms with Gasteiger partial charge in [-0.05, 0) is 30.3 Å². The summed E-state index contributed by atoms with van der Waals surface area (Å²) >= 11 is 0. The maximum atomic E-state index is 12.2. The molecule has 0 aliphatic heterocycles. The number of carbonyl (C=O) groups excluding carboxylic acids is 1. The summed E-state index contributed by atoms with van der Waals surface area (Å²) in [6.45, 7) is 0.132. The van der Waals surface area contributed by atoms with Crippen molar-refractivity contribution in [3.63, 3.8) is 0 Å². The van der Waals surface area contributed by atoms with Crippen LogP contribution in [0.3, 0.4) is 0 Å². The summed E-state index contributed by atoms with van der Waals surface area (Å²) in [5, 5.41) is 12.0. The number of nitriles is 1. The molecular weight excluding hydrogens is 340 g/mol. The second-order valence-electron chi connectivity index (χ2n) is 5.70. The molecule has 3 aromatic rings. The Labute approximate surface area is 157 Å². The topological polar surface area (TPSA) is 71.3 Å². The zero-order chi connectivity index (χ0) is 18.9. The standard InChI is InChI=1S/C22H18N2O3/c23-14-17-8-4-5-9-18(17)15-27-21-13-7-6-12-20(21)24-22(25)16-26-19-10-2-1-3-11-19/h1-13H,15-16H2,(H,24,25). The van der Waals surface area contributed by atoms with E-state index in [4.69, 9.17) is 14.7 Å². The fourth-order valence-electron chi connectivity index (χ4n) is 2.46. The lowest BCUT2D eigenvalue weighted by Gasteiger charge is -2.13. The quantitative estimate of drug-likeness (QED) is 0.688. The van der Waals surface area contributed by atoms with Crippen LogP contribution < -0.4 is 14.8 Å². The normalized spacial score (nSPS) is 9.89. The Bertz CT molecular complexity index is 949. The number of anilines is 1. The zero-order valence-electron chi connectivity index (χ0n) is 14.6. The first-order valence-corrected chi connectivity index (χ1v) is 8.44. The highest BCUT2D eigenvalue weighted by Gasteiger charge is 2.09. The monoisotopic (exact) mass is 358 g/mol. The van der Waals surface area contributed by atoms with Crippen LogP contribution in [0.25, 0.3) is 0 Å². The average Bonchev–Trinajstić information content (AvgIpc) is 2.72. The lowest BCUT2D eigenvalue weighted by Crippen LogP contribution is -2.20. The zero-order valence-corrected chi connectivity index (χ0v) is 14.6. The molecule has 0 fully saturated rings. The van der Waals surface area contributed by atoms with Gasteiger partial charge in [0.15, 0.2) is 6.61 Å². The van der Waals surface area contributed by atoms with Crippen LogP contribution in [0.4, 0.5) is 5.69 Å². The van der Waals surface area contributed by atoms with Crippen molar-refractivity contribution < 1.29 is 14.3 Å². The van der Waals surface area contributed by atoms with Crippen LogP contribution in [0.1, 0.15) is 11.1 Å².